The van der Waals surface area contributed by atoms with Crippen molar-refractivity contribution in [2.45, 2.75) is 33.6 Å². The number of amides is 3. The molecule has 0 unspecified atom stereocenters. The molecule has 0 spiro atoms. The Balaban J connectivity index is 1.45. The van der Waals surface area contributed by atoms with Crippen LogP contribution in [0, 0.1) is 13.8 Å². The van der Waals surface area contributed by atoms with Gasteiger partial charge in [0.1, 0.15) is 12.3 Å². The van der Waals surface area contributed by atoms with Crippen LogP contribution in [-0.2, 0) is 14.3 Å². The average Bonchev–Trinajstić information content (AvgIpc) is 3.38. The summed E-state index contributed by atoms with van der Waals surface area (Å²) < 4.78 is 12.5. The van der Waals surface area contributed by atoms with Gasteiger partial charge in [0, 0.05) is 22.8 Å². The van der Waals surface area contributed by atoms with E-state index in [1.165, 1.54) is 18.2 Å². The molecule has 2 aromatic carbocycles. The summed E-state index contributed by atoms with van der Waals surface area (Å²) in [5.41, 5.74) is 3.97. The highest BCUT2D eigenvalue weighted by Gasteiger charge is 2.36. The van der Waals surface area contributed by atoms with Crippen LogP contribution in [0.25, 0.3) is 11.8 Å². The van der Waals surface area contributed by atoms with E-state index in [1.807, 2.05) is 55.7 Å². The highest BCUT2D eigenvalue weighted by atomic mass is 35.5. The Morgan fingerprint density at radius 1 is 1.07 bits per heavy atom. The summed E-state index contributed by atoms with van der Waals surface area (Å²) in [5.74, 6) is -1.00. The zero-order valence-electron chi connectivity index (χ0n) is 23.2. The number of aromatic nitrogens is 1. The number of carbonyl (C=O) groups is 4. The van der Waals surface area contributed by atoms with Gasteiger partial charge < -0.3 is 19.4 Å². The maximum Gasteiger partial charge on any atom is 0.339 e. The van der Waals surface area contributed by atoms with E-state index in [-0.39, 0.29) is 27.8 Å². The normalized spacial score (nSPS) is 14.1. The van der Waals surface area contributed by atoms with Crippen LogP contribution in [-0.4, -0.2) is 52.8 Å². The maximum atomic E-state index is 13.1. The number of hydrogen-bond donors (Lipinski definition) is 1. The fraction of sp³-hybridized carbons (Fsp3) is 0.267. The number of aryl methyl sites for hydroxylation is 1. The third-order valence-corrected chi connectivity index (χ3v) is 7.70. The van der Waals surface area contributed by atoms with Crippen molar-refractivity contribution in [1.29, 1.82) is 0 Å². The van der Waals surface area contributed by atoms with Crippen molar-refractivity contribution in [1.82, 2.24) is 9.47 Å². The third kappa shape index (κ3) is 6.83. The van der Waals surface area contributed by atoms with E-state index in [0.717, 1.165) is 57.9 Å². The molecule has 41 heavy (non-hydrogen) atoms. The molecule has 3 amide bonds. The van der Waals surface area contributed by atoms with Crippen molar-refractivity contribution in [3.05, 3.63) is 81.0 Å². The Morgan fingerprint density at radius 2 is 1.80 bits per heavy atom. The molecule has 0 atom stereocenters. The summed E-state index contributed by atoms with van der Waals surface area (Å²) in [4.78, 5) is 52.0. The summed E-state index contributed by atoms with van der Waals surface area (Å²) >= 11 is 6.92. The number of benzene rings is 2. The van der Waals surface area contributed by atoms with Gasteiger partial charge in [0.05, 0.1) is 29.2 Å². The van der Waals surface area contributed by atoms with Gasteiger partial charge >= 0.3 is 5.97 Å². The fourth-order valence-corrected chi connectivity index (χ4v) is 5.35. The second-order valence-electron chi connectivity index (χ2n) is 9.36. The number of hydrogen-bond acceptors (Lipinski definition) is 7. The molecule has 1 fully saturated rings. The van der Waals surface area contributed by atoms with Crippen LogP contribution in [0.5, 0.6) is 5.75 Å². The highest BCUT2D eigenvalue weighted by molar-refractivity contribution is 8.18. The Hall–Kier alpha value is -4.02. The van der Waals surface area contributed by atoms with Crippen LogP contribution in [0.4, 0.5) is 10.5 Å². The number of thioether (sulfide) groups is 1. The van der Waals surface area contributed by atoms with Gasteiger partial charge in [0.25, 0.3) is 11.1 Å². The molecule has 0 aliphatic carbocycles. The first kappa shape index (κ1) is 30.0. The smallest absolute Gasteiger partial charge is 0.339 e. The van der Waals surface area contributed by atoms with Crippen molar-refractivity contribution in [2.75, 3.05) is 25.6 Å². The van der Waals surface area contributed by atoms with Gasteiger partial charge in [-0.05, 0) is 92.2 Å². The number of esters is 1. The van der Waals surface area contributed by atoms with Gasteiger partial charge in [0.2, 0.25) is 5.91 Å². The Morgan fingerprint density at radius 3 is 2.49 bits per heavy atom. The van der Waals surface area contributed by atoms with E-state index < -0.39 is 29.6 Å². The summed E-state index contributed by atoms with van der Waals surface area (Å²) in [6.45, 7) is 5.65. The van der Waals surface area contributed by atoms with Crippen LogP contribution >= 0.6 is 23.4 Å². The number of carbonyl (C=O) groups excluding carboxylic acids is 4. The van der Waals surface area contributed by atoms with Crippen molar-refractivity contribution in [3.8, 4) is 11.4 Å². The predicted molar refractivity (Wildman–Crippen MR) is 160 cm³/mol. The molecule has 214 valence electrons. The lowest BCUT2D eigenvalue weighted by Gasteiger charge is -2.13. The summed E-state index contributed by atoms with van der Waals surface area (Å²) in [6.07, 6.45) is 3.26. The quantitative estimate of drug-likeness (QED) is 0.164. The second-order valence-corrected chi connectivity index (χ2v) is 10.8. The number of unbranched alkanes of at least 4 members (excludes halogenated alkanes) is 1. The molecule has 9 nitrogen and oxygen atoms in total. The number of ether oxygens (including phenoxy) is 2. The molecular formula is C30H30ClN3O6S. The summed E-state index contributed by atoms with van der Waals surface area (Å²) in [7, 11) is 1.61. The zero-order valence-corrected chi connectivity index (χ0v) is 24.7. The van der Waals surface area contributed by atoms with Crippen LogP contribution in [0.2, 0.25) is 5.02 Å². The number of imide groups is 1. The van der Waals surface area contributed by atoms with Gasteiger partial charge in [-0.2, -0.15) is 0 Å². The van der Waals surface area contributed by atoms with Crippen LogP contribution in [0.15, 0.2) is 53.4 Å². The van der Waals surface area contributed by atoms with E-state index in [4.69, 9.17) is 21.1 Å². The Labute approximate surface area is 247 Å². The van der Waals surface area contributed by atoms with Crippen LogP contribution < -0.4 is 10.1 Å². The molecule has 1 aliphatic heterocycles. The first-order valence-corrected chi connectivity index (χ1v) is 14.2. The second kappa shape index (κ2) is 13.1. The van der Waals surface area contributed by atoms with Crippen molar-refractivity contribution >= 4 is 58.1 Å². The van der Waals surface area contributed by atoms with Crippen LogP contribution in [0.1, 0.15) is 47.1 Å². The first-order chi connectivity index (χ1) is 19.6. The van der Waals surface area contributed by atoms with Gasteiger partial charge in [-0.15, -0.1) is 0 Å². The van der Waals surface area contributed by atoms with Crippen molar-refractivity contribution in [3.63, 3.8) is 0 Å². The van der Waals surface area contributed by atoms with Crippen LogP contribution in [0.3, 0.4) is 0 Å². The molecule has 0 radical (unpaired) electrons. The monoisotopic (exact) mass is 595 g/mol. The molecule has 11 heteroatoms. The maximum absolute atomic E-state index is 13.1. The number of nitrogens with zero attached hydrogens (tertiary/aromatic N) is 2. The highest BCUT2D eigenvalue weighted by Crippen LogP contribution is 2.34. The minimum absolute atomic E-state index is 0.113. The molecule has 2 heterocycles. The zero-order chi connectivity index (χ0) is 29.7. The largest absolute Gasteiger partial charge is 0.497 e. The molecule has 0 saturated carbocycles. The standard InChI is InChI=1S/C30H30ClN3O6S/c1-5-6-13-40-29(37)24-16-21(7-12-25(24)31)32-27(35)17-33-28(36)26(41-30(33)38)15-20-14-18(2)34(19(20)3)22-8-10-23(39-4)11-9-22/h7-12,14-16H,5-6,13,17H2,1-4H3,(H,32,35)/b26-15-. The molecule has 0 bridgehead atoms. The molecule has 1 aliphatic rings. The molecule has 4 rings (SSSR count). The average molecular weight is 596 g/mol. The first-order valence-electron chi connectivity index (χ1n) is 13.0. The van der Waals surface area contributed by atoms with Crippen molar-refractivity contribution in [2.24, 2.45) is 0 Å². The predicted octanol–water partition coefficient (Wildman–Crippen LogP) is 6.39. The van der Waals surface area contributed by atoms with E-state index in [2.05, 4.69) is 5.32 Å². The summed E-state index contributed by atoms with van der Waals surface area (Å²) in [6, 6.07) is 14.0. The van der Waals surface area contributed by atoms with Gasteiger partial charge in [-0.3, -0.25) is 19.3 Å². The minimum Gasteiger partial charge on any atom is -0.497 e. The molecular weight excluding hydrogens is 566 g/mol. The minimum atomic E-state index is -0.598. The van der Waals surface area contributed by atoms with E-state index in [9.17, 15) is 19.2 Å². The van der Waals surface area contributed by atoms with Crippen molar-refractivity contribution < 1.29 is 28.7 Å². The molecule has 1 N–H and O–H groups in total. The number of nitrogens with one attached hydrogen (secondary N) is 1. The van der Waals surface area contributed by atoms with Gasteiger partial charge in [0.15, 0.2) is 0 Å². The lowest BCUT2D eigenvalue weighted by molar-refractivity contribution is -0.127. The number of halogens is 1. The van der Waals surface area contributed by atoms with Gasteiger partial charge in [-0.1, -0.05) is 24.9 Å². The third-order valence-electron chi connectivity index (χ3n) is 6.46. The molecule has 1 aromatic heterocycles. The number of anilines is 1. The molecule has 1 saturated heterocycles. The number of methoxy groups -OCH3 is 1. The number of rotatable bonds is 10. The van der Waals surface area contributed by atoms with E-state index in [0.29, 0.717) is 0 Å². The topological polar surface area (TPSA) is 107 Å². The van der Waals surface area contributed by atoms with E-state index >= 15 is 0 Å². The Kier molecular flexibility index (Phi) is 9.57. The Bertz CT molecular complexity index is 1530. The lowest BCUT2D eigenvalue weighted by atomic mass is 10.2. The molecule has 3 aromatic rings. The van der Waals surface area contributed by atoms with Gasteiger partial charge in [-0.25, -0.2) is 4.79 Å². The SMILES string of the molecule is CCCCOC(=O)c1cc(NC(=O)CN2C(=O)S/C(=C\c3cc(C)n(-c4ccc(OC)cc4)c3C)C2=O)ccc1Cl. The fourth-order valence-electron chi connectivity index (χ4n) is 4.33. The lowest BCUT2D eigenvalue weighted by Crippen LogP contribution is -2.36. The van der Waals surface area contributed by atoms with E-state index in [1.54, 1.807) is 13.2 Å². The summed E-state index contributed by atoms with van der Waals surface area (Å²) in [5, 5.41) is 2.26.